The molecule has 0 bridgehead atoms. The van der Waals surface area contributed by atoms with E-state index in [9.17, 15) is 9.59 Å². The third-order valence-electron chi connectivity index (χ3n) is 4.26. The predicted octanol–water partition coefficient (Wildman–Crippen LogP) is 3.53. The second-order valence-corrected chi connectivity index (χ2v) is 7.22. The largest absolute Gasteiger partial charge is 0.483 e. The number of carbonyl (C=O) groups is 2. The van der Waals surface area contributed by atoms with Gasteiger partial charge >= 0.3 is 0 Å². The molecule has 3 aromatic rings. The van der Waals surface area contributed by atoms with E-state index < -0.39 is 5.91 Å². The van der Waals surface area contributed by atoms with Crippen LogP contribution in [-0.4, -0.2) is 23.5 Å². The lowest BCUT2D eigenvalue weighted by atomic mass is 10.1. The van der Waals surface area contributed by atoms with E-state index in [4.69, 9.17) is 28.6 Å². The molecule has 0 saturated carbocycles. The van der Waals surface area contributed by atoms with Gasteiger partial charge in [-0.15, -0.1) is 0 Å². The second-order valence-electron chi connectivity index (χ2n) is 6.41. The zero-order chi connectivity index (χ0) is 21.3. The Morgan fingerprint density at radius 2 is 1.63 bits per heavy atom. The van der Waals surface area contributed by atoms with Crippen molar-refractivity contribution >= 4 is 51.5 Å². The van der Waals surface area contributed by atoms with Gasteiger partial charge in [0.1, 0.15) is 5.75 Å². The van der Waals surface area contributed by atoms with Crippen molar-refractivity contribution in [3.05, 3.63) is 77.3 Å². The number of hydrogen-bond donors (Lipinski definition) is 3. The number of hydrogen-bond acceptors (Lipinski definition) is 4. The first-order valence-electron chi connectivity index (χ1n) is 9.25. The van der Waals surface area contributed by atoms with Crippen LogP contribution >= 0.6 is 23.8 Å². The topological polar surface area (TPSA) is 79.5 Å². The lowest BCUT2D eigenvalue weighted by Gasteiger charge is -2.12. The molecule has 6 nitrogen and oxygen atoms in total. The molecule has 3 aromatic carbocycles. The fraction of sp³-hybridized carbons (Fsp3) is 0.136. The monoisotopic (exact) mass is 441 g/mol. The highest BCUT2D eigenvalue weighted by atomic mass is 35.5. The molecule has 30 heavy (non-hydrogen) atoms. The van der Waals surface area contributed by atoms with E-state index in [0.717, 1.165) is 16.3 Å². The summed E-state index contributed by atoms with van der Waals surface area (Å²) < 4.78 is 5.60. The average molecular weight is 442 g/mol. The number of nitrogens with one attached hydrogen (secondary N) is 3. The van der Waals surface area contributed by atoms with E-state index >= 15 is 0 Å². The molecule has 3 rings (SSSR count). The second kappa shape index (κ2) is 10.6. The predicted molar refractivity (Wildman–Crippen MR) is 121 cm³/mol. The van der Waals surface area contributed by atoms with Crippen LogP contribution in [0, 0.1) is 0 Å². The van der Waals surface area contributed by atoms with E-state index in [1.54, 1.807) is 12.1 Å². The van der Waals surface area contributed by atoms with Crippen molar-refractivity contribution in [3.8, 4) is 5.75 Å². The van der Waals surface area contributed by atoms with Crippen LogP contribution in [0.2, 0.25) is 5.02 Å². The maximum absolute atomic E-state index is 12.0. The number of thiocarbonyl (C=S) groups is 1. The van der Waals surface area contributed by atoms with Crippen LogP contribution in [-0.2, 0) is 16.0 Å². The average Bonchev–Trinajstić information content (AvgIpc) is 2.75. The third kappa shape index (κ3) is 6.17. The summed E-state index contributed by atoms with van der Waals surface area (Å²) in [5, 5.41) is 5.06. The van der Waals surface area contributed by atoms with E-state index in [-0.39, 0.29) is 24.0 Å². The van der Waals surface area contributed by atoms with Crippen LogP contribution in [0.25, 0.3) is 10.8 Å². The minimum absolute atomic E-state index is 0.00216. The number of hydrazine groups is 1. The molecule has 0 aliphatic heterocycles. The highest BCUT2D eigenvalue weighted by molar-refractivity contribution is 7.80. The standard InChI is InChI=1S/C22H20ClN3O3S/c23-18-10-4-2-7-16(18)12-13-20(27)24-22(30)26-25-21(28)14-29-19-11-5-8-15-6-1-3-9-17(15)19/h1-11H,12-14H2,(H,25,28)(H2,24,26,27,30). The van der Waals surface area contributed by atoms with Crippen LogP contribution in [0.1, 0.15) is 12.0 Å². The summed E-state index contributed by atoms with van der Waals surface area (Å²) in [6.07, 6.45) is 0.697. The van der Waals surface area contributed by atoms with Crippen molar-refractivity contribution in [1.82, 2.24) is 16.2 Å². The third-order valence-corrected chi connectivity index (χ3v) is 4.83. The minimum Gasteiger partial charge on any atom is -0.483 e. The molecule has 0 aromatic heterocycles. The lowest BCUT2D eigenvalue weighted by Crippen LogP contribution is -2.49. The lowest BCUT2D eigenvalue weighted by molar-refractivity contribution is -0.124. The molecule has 0 spiro atoms. The first kappa shape index (κ1) is 21.5. The maximum Gasteiger partial charge on any atom is 0.276 e. The van der Waals surface area contributed by atoms with Crippen LogP contribution < -0.4 is 20.9 Å². The Kier molecular flexibility index (Phi) is 7.59. The highest BCUT2D eigenvalue weighted by Crippen LogP contribution is 2.24. The van der Waals surface area contributed by atoms with Gasteiger partial charge in [0.15, 0.2) is 11.7 Å². The first-order chi connectivity index (χ1) is 14.5. The fourth-order valence-corrected chi connectivity index (χ4v) is 3.19. The number of ether oxygens (including phenoxy) is 1. The van der Waals surface area contributed by atoms with Gasteiger partial charge in [-0.1, -0.05) is 66.2 Å². The minimum atomic E-state index is -0.435. The molecule has 0 aliphatic rings. The van der Waals surface area contributed by atoms with E-state index in [0.29, 0.717) is 17.2 Å². The quantitative estimate of drug-likeness (QED) is 0.403. The summed E-state index contributed by atoms with van der Waals surface area (Å²) in [6, 6.07) is 20.7. The van der Waals surface area contributed by atoms with Gasteiger partial charge in [0.2, 0.25) is 5.91 Å². The summed E-state index contributed by atoms with van der Waals surface area (Å²) in [5.41, 5.74) is 5.77. The summed E-state index contributed by atoms with van der Waals surface area (Å²) in [4.78, 5) is 24.0. The molecule has 0 heterocycles. The van der Waals surface area contributed by atoms with Gasteiger partial charge in [0.05, 0.1) is 0 Å². The van der Waals surface area contributed by atoms with Gasteiger partial charge in [-0.3, -0.25) is 20.4 Å². The molecule has 0 atom stereocenters. The smallest absolute Gasteiger partial charge is 0.276 e. The summed E-state index contributed by atoms with van der Waals surface area (Å²) >= 11 is 11.1. The molecule has 0 fully saturated rings. The van der Waals surface area contributed by atoms with Crippen LogP contribution in [0.4, 0.5) is 0 Å². The Labute approximate surface area is 184 Å². The number of benzene rings is 3. The number of aryl methyl sites for hydroxylation is 1. The number of amides is 2. The summed E-state index contributed by atoms with van der Waals surface area (Å²) in [6.45, 7) is -0.204. The zero-order valence-corrected chi connectivity index (χ0v) is 17.6. The van der Waals surface area contributed by atoms with E-state index in [2.05, 4.69) is 16.2 Å². The SMILES string of the molecule is O=C(COc1cccc2ccccc12)NNC(=S)NC(=O)CCc1ccccc1Cl. The van der Waals surface area contributed by atoms with Gasteiger partial charge < -0.3 is 10.1 Å². The summed E-state index contributed by atoms with van der Waals surface area (Å²) in [7, 11) is 0. The Morgan fingerprint density at radius 3 is 2.47 bits per heavy atom. The number of halogens is 1. The molecule has 0 saturated heterocycles. The van der Waals surface area contributed by atoms with Crippen LogP contribution in [0.5, 0.6) is 5.75 Å². The Bertz CT molecular complexity index is 1070. The fourth-order valence-electron chi connectivity index (χ4n) is 2.80. The Hall–Kier alpha value is -3.16. The van der Waals surface area contributed by atoms with Gasteiger partial charge in [-0.2, -0.15) is 0 Å². The van der Waals surface area contributed by atoms with Gasteiger partial charge in [-0.05, 0) is 41.7 Å². The molecule has 2 amide bonds. The van der Waals surface area contributed by atoms with Crippen molar-refractivity contribution in [2.45, 2.75) is 12.8 Å². The molecule has 0 radical (unpaired) electrons. The van der Waals surface area contributed by atoms with Crippen molar-refractivity contribution in [2.24, 2.45) is 0 Å². The van der Waals surface area contributed by atoms with E-state index in [1.165, 1.54) is 0 Å². The number of rotatable bonds is 6. The normalized spacial score (nSPS) is 10.3. The van der Waals surface area contributed by atoms with Crippen molar-refractivity contribution in [3.63, 3.8) is 0 Å². The molecule has 3 N–H and O–H groups in total. The van der Waals surface area contributed by atoms with Gasteiger partial charge in [0, 0.05) is 16.8 Å². The highest BCUT2D eigenvalue weighted by Gasteiger charge is 2.09. The molecule has 8 heteroatoms. The van der Waals surface area contributed by atoms with Crippen molar-refractivity contribution < 1.29 is 14.3 Å². The number of carbonyl (C=O) groups excluding carboxylic acids is 2. The van der Waals surface area contributed by atoms with Gasteiger partial charge in [0.25, 0.3) is 5.91 Å². The van der Waals surface area contributed by atoms with Crippen LogP contribution in [0.3, 0.4) is 0 Å². The number of fused-ring (bicyclic) bond motifs is 1. The maximum atomic E-state index is 12.0. The molecule has 154 valence electrons. The van der Waals surface area contributed by atoms with Gasteiger partial charge in [-0.25, -0.2) is 0 Å². The molecule has 0 aliphatic carbocycles. The Morgan fingerprint density at radius 1 is 0.900 bits per heavy atom. The summed E-state index contributed by atoms with van der Waals surface area (Å²) in [5.74, 6) is -0.108. The molecule has 0 unspecified atom stereocenters. The van der Waals surface area contributed by atoms with E-state index in [1.807, 2.05) is 54.6 Å². The Balaban J connectivity index is 1.39. The molecular formula is C22H20ClN3O3S. The van der Waals surface area contributed by atoms with Crippen LogP contribution in [0.15, 0.2) is 66.7 Å². The molecular weight excluding hydrogens is 422 g/mol. The zero-order valence-electron chi connectivity index (χ0n) is 16.0. The first-order valence-corrected chi connectivity index (χ1v) is 10.0. The van der Waals surface area contributed by atoms with Crippen molar-refractivity contribution in [1.29, 1.82) is 0 Å². The van der Waals surface area contributed by atoms with Crippen molar-refractivity contribution in [2.75, 3.05) is 6.61 Å².